The average molecular weight is 432 g/mol. The molecule has 2 amide bonds. The van der Waals surface area contributed by atoms with Gasteiger partial charge in [-0.3, -0.25) is 9.59 Å². The zero-order valence-electron chi connectivity index (χ0n) is 15.9. The summed E-state index contributed by atoms with van der Waals surface area (Å²) in [6, 6.07) is 11.3. The third kappa shape index (κ3) is 5.19. The molecule has 29 heavy (non-hydrogen) atoms. The predicted molar refractivity (Wildman–Crippen MR) is 114 cm³/mol. The number of hydrogen-bond donors (Lipinski definition) is 2. The smallest absolute Gasteiger partial charge is 0.313 e. The highest BCUT2D eigenvalue weighted by molar-refractivity contribution is 7.15. The van der Waals surface area contributed by atoms with Crippen molar-refractivity contribution >= 4 is 40.4 Å². The summed E-state index contributed by atoms with van der Waals surface area (Å²) in [4.78, 5) is 29.7. The van der Waals surface area contributed by atoms with E-state index in [1.54, 1.807) is 37.3 Å². The molecule has 3 aromatic rings. The van der Waals surface area contributed by atoms with Crippen LogP contribution in [0.1, 0.15) is 16.1 Å². The highest BCUT2D eigenvalue weighted by Gasteiger charge is 2.16. The lowest BCUT2D eigenvalue weighted by Crippen LogP contribution is -2.36. The highest BCUT2D eigenvalue weighted by Crippen LogP contribution is 2.28. The molecule has 0 saturated carbocycles. The molecule has 0 radical (unpaired) electrons. The summed E-state index contributed by atoms with van der Waals surface area (Å²) in [5.41, 5.74) is 2.89. The number of nitrogens with one attached hydrogen (secondary N) is 2. The molecule has 3 rings (SSSR count). The first-order valence-corrected chi connectivity index (χ1v) is 10.1. The average Bonchev–Trinajstić information content (AvgIpc) is 3.06. The van der Waals surface area contributed by atoms with Crippen LogP contribution in [0.4, 0.5) is 10.1 Å². The van der Waals surface area contributed by atoms with Crippen LogP contribution in [0.2, 0.25) is 5.02 Å². The number of anilines is 1. The molecule has 150 valence electrons. The van der Waals surface area contributed by atoms with Crippen LogP contribution in [0.5, 0.6) is 0 Å². The highest BCUT2D eigenvalue weighted by atomic mass is 35.5. The lowest BCUT2D eigenvalue weighted by atomic mass is 10.2. The van der Waals surface area contributed by atoms with Crippen molar-refractivity contribution in [2.45, 2.75) is 20.3 Å². The molecular weight excluding hydrogens is 413 g/mol. The van der Waals surface area contributed by atoms with Gasteiger partial charge in [0.05, 0.1) is 5.69 Å². The van der Waals surface area contributed by atoms with Crippen molar-refractivity contribution in [3.8, 4) is 10.6 Å². The molecule has 1 heterocycles. The van der Waals surface area contributed by atoms with E-state index in [2.05, 4.69) is 15.6 Å². The molecule has 0 aliphatic rings. The number of benzene rings is 2. The standard InChI is InChI=1S/C21H19ClFN3O2S/c1-12-16(22)4-3-5-17(12)26-20(28)19(27)24-11-10-18-13(2)25-21(29-18)14-6-8-15(23)9-7-14/h3-9H,10-11H2,1-2H3,(H,24,27)(H,26,28). The maximum absolute atomic E-state index is 13.1. The van der Waals surface area contributed by atoms with Crippen LogP contribution in [0.25, 0.3) is 10.6 Å². The number of rotatable bonds is 5. The van der Waals surface area contributed by atoms with E-state index in [1.807, 2.05) is 6.92 Å². The summed E-state index contributed by atoms with van der Waals surface area (Å²) in [6.07, 6.45) is 0.542. The summed E-state index contributed by atoms with van der Waals surface area (Å²) in [7, 11) is 0. The van der Waals surface area contributed by atoms with Gasteiger partial charge in [-0.25, -0.2) is 9.37 Å². The van der Waals surface area contributed by atoms with E-state index in [0.29, 0.717) is 29.2 Å². The molecule has 8 heteroatoms. The summed E-state index contributed by atoms with van der Waals surface area (Å²) in [5, 5.41) is 6.48. The second-order valence-electron chi connectivity index (χ2n) is 6.41. The fourth-order valence-electron chi connectivity index (χ4n) is 2.67. The molecule has 1 aromatic heterocycles. The Hall–Kier alpha value is -2.77. The summed E-state index contributed by atoms with van der Waals surface area (Å²) in [6.45, 7) is 3.95. The van der Waals surface area contributed by atoms with Gasteiger partial charge in [-0.1, -0.05) is 17.7 Å². The number of hydrogen-bond acceptors (Lipinski definition) is 4. The van der Waals surface area contributed by atoms with Gasteiger partial charge in [0, 0.05) is 34.1 Å². The molecule has 0 aliphatic heterocycles. The fraction of sp³-hybridized carbons (Fsp3) is 0.190. The number of halogens is 2. The van der Waals surface area contributed by atoms with Gasteiger partial charge in [0.15, 0.2) is 0 Å². The zero-order chi connectivity index (χ0) is 21.0. The minimum Gasteiger partial charge on any atom is -0.347 e. The predicted octanol–water partition coefficient (Wildman–Crippen LogP) is 4.52. The minimum atomic E-state index is -0.747. The second kappa shape index (κ2) is 9.15. The van der Waals surface area contributed by atoms with Gasteiger partial charge in [-0.15, -0.1) is 11.3 Å². The second-order valence-corrected chi connectivity index (χ2v) is 7.90. The summed E-state index contributed by atoms with van der Waals surface area (Å²) in [5.74, 6) is -1.76. The topological polar surface area (TPSA) is 71.1 Å². The summed E-state index contributed by atoms with van der Waals surface area (Å²) < 4.78 is 13.1. The van der Waals surface area contributed by atoms with E-state index < -0.39 is 11.8 Å². The van der Waals surface area contributed by atoms with Crippen molar-refractivity contribution < 1.29 is 14.0 Å². The van der Waals surface area contributed by atoms with E-state index in [0.717, 1.165) is 21.1 Å². The van der Waals surface area contributed by atoms with Crippen LogP contribution >= 0.6 is 22.9 Å². The first kappa shape index (κ1) is 21.0. The molecular formula is C21H19ClFN3O2S. The minimum absolute atomic E-state index is 0.295. The Kier molecular flexibility index (Phi) is 6.61. The Morgan fingerprint density at radius 1 is 1.10 bits per heavy atom. The Balaban J connectivity index is 1.55. The Morgan fingerprint density at radius 3 is 2.55 bits per heavy atom. The van der Waals surface area contributed by atoms with Crippen LogP contribution in [0, 0.1) is 19.7 Å². The molecule has 2 N–H and O–H groups in total. The molecule has 0 unspecified atom stereocenters. The largest absolute Gasteiger partial charge is 0.347 e. The Labute approximate surface area is 176 Å². The van der Waals surface area contributed by atoms with Crippen molar-refractivity contribution in [2.75, 3.05) is 11.9 Å². The van der Waals surface area contributed by atoms with Gasteiger partial charge in [-0.05, 0) is 55.8 Å². The van der Waals surface area contributed by atoms with E-state index in [4.69, 9.17) is 11.6 Å². The molecule has 0 saturated heterocycles. The van der Waals surface area contributed by atoms with Crippen LogP contribution < -0.4 is 10.6 Å². The number of carbonyl (C=O) groups excluding carboxylic acids is 2. The molecule has 0 fully saturated rings. The molecule has 0 aliphatic carbocycles. The molecule has 0 bridgehead atoms. The van der Waals surface area contributed by atoms with Crippen LogP contribution in [-0.2, 0) is 16.0 Å². The Morgan fingerprint density at radius 2 is 1.83 bits per heavy atom. The first-order chi connectivity index (χ1) is 13.8. The van der Waals surface area contributed by atoms with Crippen molar-refractivity contribution in [3.63, 3.8) is 0 Å². The fourth-order valence-corrected chi connectivity index (χ4v) is 3.91. The number of aryl methyl sites for hydroxylation is 1. The van der Waals surface area contributed by atoms with Crippen molar-refractivity contribution in [3.05, 3.63) is 69.4 Å². The number of carbonyl (C=O) groups is 2. The van der Waals surface area contributed by atoms with Crippen molar-refractivity contribution in [1.82, 2.24) is 10.3 Å². The number of aromatic nitrogens is 1. The third-order valence-corrected chi connectivity index (χ3v) is 6.02. The van der Waals surface area contributed by atoms with Gasteiger partial charge < -0.3 is 10.6 Å². The van der Waals surface area contributed by atoms with E-state index in [9.17, 15) is 14.0 Å². The lowest BCUT2D eigenvalue weighted by Gasteiger charge is -2.09. The Bertz CT molecular complexity index is 1050. The van der Waals surface area contributed by atoms with Crippen LogP contribution in [0.3, 0.4) is 0 Å². The van der Waals surface area contributed by atoms with Gasteiger partial charge in [0.25, 0.3) is 0 Å². The number of thiazole rings is 1. The van der Waals surface area contributed by atoms with Crippen LogP contribution in [0.15, 0.2) is 42.5 Å². The van der Waals surface area contributed by atoms with Gasteiger partial charge in [0.1, 0.15) is 10.8 Å². The quantitative estimate of drug-likeness (QED) is 0.583. The van der Waals surface area contributed by atoms with Gasteiger partial charge in [0.2, 0.25) is 0 Å². The summed E-state index contributed by atoms with van der Waals surface area (Å²) >= 11 is 7.51. The van der Waals surface area contributed by atoms with E-state index in [1.165, 1.54) is 23.5 Å². The molecule has 0 atom stereocenters. The molecule has 2 aromatic carbocycles. The van der Waals surface area contributed by atoms with Gasteiger partial charge >= 0.3 is 11.8 Å². The van der Waals surface area contributed by atoms with E-state index >= 15 is 0 Å². The first-order valence-electron chi connectivity index (χ1n) is 8.91. The molecule has 0 spiro atoms. The third-order valence-electron chi connectivity index (χ3n) is 4.34. The normalized spacial score (nSPS) is 10.6. The van der Waals surface area contributed by atoms with Crippen molar-refractivity contribution in [2.24, 2.45) is 0 Å². The monoisotopic (exact) mass is 431 g/mol. The SMILES string of the molecule is Cc1nc(-c2ccc(F)cc2)sc1CCNC(=O)C(=O)Nc1cccc(Cl)c1C. The maximum Gasteiger partial charge on any atom is 0.313 e. The maximum atomic E-state index is 13.1. The van der Waals surface area contributed by atoms with E-state index in [-0.39, 0.29) is 5.82 Å². The number of amides is 2. The lowest BCUT2D eigenvalue weighted by molar-refractivity contribution is -0.136. The van der Waals surface area contributed by atoms with Crippen molar-refractivity contribution in [1.29, 1.82) is 0 Å². The number of nitrogens with zero attached hydrogens (tertiary/aromatic N) is 1. The van der Waals surface area contributed by atoms with Gasteiger partial charge in [-0.2, -0.15) is 0 Å². The zero-order valence-corrected chi connectivity index (χ0v) is 17.5. The van der Waals surface area contributed by atoms with Crippen LogP contribution in [-0.4, -0.2) is 23.3 Å². The molecule has 5 nitrogen and oxygen atoms in total.